The van der Waals surface area contributed by atoms with E-state index in [2.05, 4.69) is 26.8 Å². The number of hydrogen-bond donors (Lipinski definition) is 2. The van der Waals surface area contributed by atoms with Crippen LogP contribution in [0.4, 0.5) is 5.13 Å². The molecular formula is C21H30N4O3S2. The number of hydrogen-bond acceptors (Lipinski definition) is 6. The van der Waals surface area contributed by atoms with Gasteiger partial charge in [0.15, 0.2) is 5.13 Å². The molecule has 1 saturated heterocycles. The van der Waals surface area contributed by atoms with Crippen LogP contribution in [0.3, 0.4) is 0 Å². The molecule has 164 valence electrons. The highest BCUT2D eigenvalue weighted by molar-refractivity contribution is 7.89. The first kappa shape index (κ1) is 22.9. The zero-order valence-electron chi connectivity index (χ0n) is 17.7. The second-order valence-corrected chi connectivity index (χ2v) is 10.6. The zero-order valence-corrected chi connectivity index (χ0v) is 19.4. The minimum absolute atomic E-state index is 0.145. The molecule has 3 rings (SSSR count). The van der Waals surface area contributed by atoms with E-state index in [0.29, 0.717) is 17.1 Å². The Hall–Kier alpha value is -1.81. The fourth-order valence-corrected chi connectivity index (χ4v) is 5.28. The van der Waals surface area contributed by atoms with Gasteiger partial charge >= 0.3 is 0 Å². The molecule has 1 aromatic carbocycles. The van der Waals surface area contributed by atoms with Crippen LogP contribution in [0.25, 0.3) is 0 Å². The summed E-state index contributed by atoms with van der Waals surface area (Å²) in [5, 5.41) is 5.33. The Balaban J connectivity index is 1.58. The average molecular weight is 451 g/mol. The van der Waals surface area contributed by atoms with Crippen LogP contribution < -0.4 is 10.0 Å². The Morgan fingerprint density at radius 2 is 1.93 bits per heavy atom. The Labute approximate surface area is 183 Å². The smallest absolute Gasteiger partial charge is 0.257 e. The highest BCUT2D eigenvalue weighted by Crippen LogP contribution is 2.21. The van der Waals surface area contributed by atoms with Gasteiger partial charge in [0.1, 0.15) is 0 Å². The second kappa shape index (κ2) is 10.00. The molecular weight excluding hydrogens is 420 g/mol. The van der Waals surface area contributed by atoms with E-state index in [1.807, 2.05) is 19.2 Å². The lowest BCUT2D eigenvalue weighted by molar-refractivity contribution is 0.102. The summed E-state index contributed by atoms with van der Waals surface area (Å²) in [6.45, 7) is 8.99. The molecule has 2 aromatic rings. The van der Waals surface area contributed by atoms with Crippen LogP contribution in [-0.4, -0.2) is 43.3 Å². The van der Waals surface area contributed by atoms with Crippen molar-refractivity contribution in [1.29, 1.82) is 0 Å². The van der Waals surface area contributed by atoms with Gasteiger partial charge in [0.05, 0.1) is 10.6 Å². The van der Waals surface area contributed by atoms with Crippen molar-refractivity contribution in [3.63, 3.8) is 0 Å². The van der Waals surface area contributed by atoms with E-state index >= 15 is 0 Å². The summed E-state index contributed by atoms with van der Waals surface area (Å²) in [6, 6.07) is 5.79. The van der Waals surface area contributed by atoms with Crippen LogP contribution in [0.1, 0.15) is 56.1 Å². The van der Waals surface area contributed by atoms with Crippen molar-refractivity contribution in [2.75, 3.05) is 18.4 Å². The first-order chi connectivity index (χ1) is 14.3. The molecule has 2 heterocycles. The average Bonchev–Trinajstić information content (AvgIpc) is 3.16. The molecule has 1 fully saturated rings. The van der Waals surface area contributed by atoms with Crippen LogP contribution in [0.2, 0.25) is 0 Å². The molecule has 0 aliphatic carbocycles. The van der Waals surface area contributed by atoms with Crippen molar-refractivity contribution < 1.29 is 13.2 Å². The number of aromatic nitrogens is 1. The molecule has 1 aliphatic heterocycles. The number of anilines is 1. The molecule has 1 amide bonds. The number of amides is 1. The van der Waals surface area contributed by atoms with Crippen molar-refractivity contribution in [1.82, 2.24) is 14.6 Å². The van der Waals surface area contributed by atoms with Crippen molar-refractivity contribution in [2.24, 2.45) is 5.92 Å². The number of carbonyl (C=O) groups is 1. The van der Waals surface area contributed by atoms with E-state index in [-0.39, 0.29) is 16.8 Å². The molecule has 9 heteroatoms. The van der Waals surface area contributed by atoms with E-state index in [0.717, 1.165) is 31.2 Å². The molecule has 30 heavy (non-hydrogen) atoms. The summed E-state index contributed by atoms with van der Waals surface area (Å²) >= 11 is 1.40. The summed E-state index contributed by atoms with van der Waals surface area (Å²) in [5.41, 5.74) is 1.35. The minimum atomic E-state index is -3.58. The van der Waals surface area contributed by atoms with Crippen LogP contribution in [0.15, 0.2) is 34.5 Å². The molecule has 0 radical (unpaired) electrons. The molecule has 0 saturated carbocycles. The van der Waals surface area contributed by atoms with Gasteiger partial charge in [-0.05, 0) is 69.5 Å². The predicted molar refractivity (Wildman–Crippen MR) is 120 cm³/mol. The fraction of sp³-hybridized carbons (Fsp3) is 0.524. The van der Waals surface area contributed by atoms with Crippen molar-refractivity contribution in [3.8, 4) is 0 Å². The van der Waals surface area contributed by atoms with Gasteiger partial charge in [0.2, 0.25) is 10.0 Å². The van der Waals surface area contributed by atoms with Gasteiger partial charge in [-0.3, -0.25) is 15.0 Å². The molecule has 0 bridgehead atoms. The number of piperidine rings is 1. The first-order valence-corrected chi connectivity index (χ1v) is 12.7. The van der Waals surface area contributed by atoms with E-state index in [4.69, 9.17) is 0 Å². The van der Waals surface area contributed by atoms with Gasteiger partial charge in [-0.1, -0.05) is 13.8 Å². The fourth-order valence-electron chi connectivity index (χ4n) is 3.26. The number of sulfonamides is 1. The Bertz CT molecular complexity index is 949. The van der Waals surface area contributed by atoms with E-state index in [1.165, 1.54) is 48.4 Å². The van der Waals surface area contributed by atoms with E-state index in [1.54, 1.807) is 0 Å². The summed E-state index contributed by atoms with van der Waals surface area (Å²) in [4.78, 5) is 19.6. The van der Waals surface area contributed by atoms with Gasteiger partial charge in [-0.25, -0.2) is 18.1 Å². The number of carbonyl (C=O) groups excluding carboxylic acids is 1. The highest BCUT2D eigenvalue weighted by atomic mass is 32.2. The SMILES string of the molecule is CCC(C)NS(=O)(=O)c1ccc(C(=O)Nc2nc(CN3CCC(C)CC3)cs2)cc1. The Kier molecular flexibility index (Phi) is 7.62. The number of thiazole rings is 1. The van der Waals surface area contributed by atoms with Crippen LogP contribution in [0, 0.1) is 5.92 Å². The largest absolute Gasteiger partial charge is 0.298 e. The second-order valence-electron chi connectivity index (χ2n) is 8.01. The predicted octanol–water partition coefficient (Wildman–Crippen LogP) is 3.70. The molecule has 1 aliphatic rings. The topological polar surface area (TPSA) is 91.4 Å². The van der Waals surface area contributed by atoms with Crippen molar-refractivity contribution in [3.05, 3.63) is 40.9 Å². The van der Waals surface area contributed by atoms with Gasteiger partial charge in [-0.15, -0.1) is 11.3 Å². The monoisotopic (exact) mass is 450 g/mol. The summed E-state index contributed by atoms with van der Waals surface area (Å²) < 4.78 is 27.3. The lowest BCUT2D eigenvalue weighted by atomic mass is 9.99. The molecule has 2 N–H and O–H groups in total. The standard InChI is InChI=1S/C21H30N4O3S2/c1-4-16(3)24-30(27,28)19-7-5-17(6-8-19)20(26)23-21-22-18(14-29-21)13-25-11-9-15(2)10-12-25/h5-8,14-16,24H,4,9-13H2,1-3H3,(H,22,23,26). The molecule has 1 unspecified atom stereocenters. The maximum Gasteiger partial charge on any atom is 0.257 e. The first-order valence-electron chi connectivity index (χ1n) is 10.4. The lowest BCUT2D eigenvalue weighted by Gasteiger charge is -2.29. The maximum absolute atomic E-state index is 12.5. The number of nitrogens with one attached hydrogen (secondary N) is 2. The third-order valence-electron chi connectivity index (χ3n) is 5.43. The normalized spacial score (nSPS) is 17.0. The number of rotatable bonds is 8. The van der Waals surface area contributed by atoms with Crippen molar-refractivity contribution in [2.45, 2.75) is 57.5 Å². The quantitative estimate of drug-likeness (QED) is 0.640. The third-order valence-corrected chi connectivity index (χ3v) is 7.84. The summed E-state index contributed by atoms with van der Waals surface area (Å²) in [6.07, 6.45) is 3.13. The van der Waals surface area contributed by atoms with Crippen LogP contribution in [-0.2, 0) is 16.6 Å². The Morgan fingerprint density at radius 1 is 1.27 bits per heavy atom. The number of nitrogens with zero attached hydrogens (tertiary/aromatic N) is 2. The van der Waals surface area contributed by atoms with Crippen LogP contribution in [0.5, 0.6) is 0 Å². The lowest BCUT2D eigenvalue weighted by Crippen LogP contribution is -2.32. The molecule has 1 aromatic heterocycles. The van der Waals surface area contributed by atoms with Crippen LogP contribution >= 0.6 is 11.3 Å². The van der Waals surface area contributed by atoms with Gasteiger partial charge in [0.25, 0.3) is 5.91 Å². The van der Waals surface area contributed by atoms with Gasteiger partial charge in [-0.2, -0.15) is 0 Å². The summed E-state index contributed by atoms with van der Waals surface area (Å²) in [7, 11) is -3.58. The Morgan fingerprint density at radius 3 is 2.57 bits per heavy atom. The molecule has 0 spiro atoms. The maximum atomic E-state index is 12.5. The van der Waals surface area contributed by atoms with Gasteiger partial charge < -0.3 is 0 Å². The minimum Gasteiger partial charge on any atom is -0.298 e. The highest BCUT2D eigenvalue weighted by Gasteiger charge is 2.19. The van der Waals surface area contributed by atoms with Crippen molar-refractivity contribution >= 4 is 32.4 Å². The number of benzene rings is 1. The van der Waals surface area contributed by atoms with E-state index < -0.39 is 10.0 Å². The zero-order chi connectivity index (χ0) is 21.7. The summed E-state index contributed by atoms with van der Waals surface area (Å²) in [5.74, 6) is 0.486. The molecule has 7 nitrogen and oxygen atoms in total. The molecule has 1 atom stereocenters. The third kappa shape index (κ3) is 6.10. The number of likely N-dealkylation sites (tertiary alicyclic amines) is 1. The van der Waals surface area contributed by atoms with E-state index in [9.17, 15) is 13.2 Å². The van der Waals surface area contributed by atoms with Gasteiger partial charge in [0, 0.05) is 23.5 Å².